The molecule has 0 N–H and O–H groups in total. The van der Waals surface area contributed by atoms with E-state index in [4.69, 9.17) is 0 Å². The van der Waals surface area contributed by atoms with E-state index < -0.39 is 0 Å². The molecule has 0 saturated carbocycles. The molecule has 430 valence electrons. The number of rotatable bonds is 11. The number of fused-ring (bicyclic) bond motifs is 8. The molecule has 92 heavy (non-hydrogen) atoms. The van der Waals surface area contributed by atoms with E-state index in [0.717, 1.165) is 45.5 Å². The minimum Gasteiger partial charge on any atom is -0.311 e. The third-order valence-corrected chi connectivity index (χ3v) is 21.0. The van der Waals surface area contributed by atoms with Crippen LogP contribution in [0.25, 0.3) is 33.4 Å². The molecule has 4 nitrogen and oxygen atoms in total. The summed E-state index contributed by atoms with van der Waals surface area (Å²) in [6.07, 6.45) is 0. The Balaban J connectivity index is 0.890. The van der Waals surface area contributed by atoms with Crippen molar-refractivity contribution in [3.05, 3.63) is 340 Å². The Morgan fingerprint density at radius 1 is 0.228 bits per heavy atom. The van der Waals surface area contributed by atoms with Gasteiger partial charge in [0.1, 0.15) is 0 Å². The Morgan fingerprint density at radius 2 is 0.641 bits per heavy atom. The van der Waals surface area contributed by atoms with Gasteiger partial charge in [0.25, 0.3) is 0 Å². The fourth-order valence-corrected chi connectivity index (χ4v) is 17.1. The van der Waals surface area contributed by atoms with Crippen molar-refractivity contribution in [2.75, 3.05) is 19.6 Å². The zero-order valence-electron chi connectivity index (χ0n) is 50.1. The lowest BCUT2D eigenvalue weighted by Crippen LogP contribution is -2.64. The normalized spacial score (nSPS) is 12.8. The summed E-state index contributed by atoms with van der Waals surface area (Å²) >= 11 is 3.82. The molecule has 4 heterocycles. The smallest absolute Gasteiger partial charge is 0.249 e. The molecule has 0 amide bonds. The van der Waals surface area contributed by atoms with Crippen LogP contribution in [0.4, 0.5) is 68.2 Å². The van der Waals surface area contributed by atoms with Crippen molar-refractivity contribution in [3.63, 3.8) is 0 Å². The molecule has 0 unspecified atom stereocenters. The van der Waals surface area contributed by atoms with E-state index in [1.165, 1.54) is 108 Å². The number of anilines is 12. The summed E-state index contributed by atoms with van der Waals surface area (Å²) in [4.78, 5) is 15.1. The maximum atomic E-state index is 2.64. The first-order valence-corrected chi connectivity index (χ1v) is 33.2. The fourth-order valence-electron chi connectivity index (χ4n) is 14.7. The van der Waals surface area contributed by atoms with Crippen molar-refractivity contribution in [2.24, 2.45) is 0 Å². The molecule has 0 aliphatic carbocycles. The van der Waals surface area contributed by atoms with Crippen molar-refractivity contribution in [2.45, 2.75) is 19.6 Å². The molecule has 0 aromatic heterocycles. The van der Waals surface area contributed by atoms with E-state index >= 15 is 0 Å². The fraction of sp³-hybridized carbons (Fsp3) is 0. The molecule has 0 radical (unpaired) electrons. The molecule has 4 aliphatic rings. The minimum absolute atomic E-state index is 0.0585. The van der Waals surface area contributed by atoms with Gasteiger partial charge in [-0.15, -0.1) is 0 Å². The predicted molar refractivity (Wildman–Crippen MR) is 392 cm³/mol. The lowest BCUT2D eigenvalue weighted by molar-refractivity contribution is 1.22. The van der Waals surface area contributed by atoms with Gasteiger partial charge in [0.15, 0.2) is 0 Å². The molecule has 14 aromatic rings. The second-order valence-corrected chi connectivity index (χ2v) is 26.1. The van der Waals surface area contributed by atoms with E-state index in [1.807, 2.05) is 23.5 Å². The Bertz CT molecular complexity index is 5000. The van der Waals surface area contributed by atoms with Crippen LogP contribution in [0.3, 0.4) is 0 Å². The SMILES string of the molecule is c1ccc(-c2ccc(N(c3ccc(-c4ccccc4)cc3)c3cc4c5c(c3)N(c3ccccc3)c3ccccc3B5c3cc5c(cc3S4)N(c3ccccc3-c3ccccc3)c3cc(N(c4ccccc4)c4ccccc4)cc4c3B5c3ccccc3S4)cc2)cc1. The van der Waals surface area contributed by atoms with E-state index in [9.17, 15) is 0 Å². The summed E-state index contributed by atoms with van der Waals surface area (Å²) in [5, 5.41) is 0. The highest BCUT2D eigenvalue weighted by Crippen LogP contribution is 2.52. The van der Waals surface area contributed by atoms with Crippen LogP contribution < -0.4 is 52.4 Å². The molecule has 8 heteroatoms. The van der Waals surface area contributed by atoms with E-state index in [2.05, 4.69) is 359 Å². The summed E-state index contributed by atoms with van der Waals surface area (Å²) in [5.41, 5.74) is 28.5. The van der Waals surface area contributed by atoms with Crippen LogP contribution >= 0.6 is 23.5 Å². The molecular weight excluding hydrogens is 1150 g/mol. The van der Waals surface area contributed by atoms with Gasteiger partial charge in [-0.3, -0.25) is 0 Å². The standard InChI is InChI=1S/C84H56B2N4S2/c1-7-25-57(26-8-1)59-43-47-65(48-44-59)88(66-49-45-60(46-50-66)58-27-9-2-10-28-58)67-51-77-83-82(54-67)92-80-56-76-72(55-73(80)85(83)70-38-20-23-41-75(70)89(77)64-35-17-6-18-36-64)86-71-39-21-24-42-79(71)91-81-53-68(87(62-31-13-4-14-32-62)63-33-15-5-16-34-63)52-78(84(81)86)90(76)74-40-22-19-37-69(74)61-29-11-3-12-30-61/h1-56H. The Morgan fingerprint density at radius 3 is 1.21 bits per heavy atom. The monoisotopic (exact) mass is 1210 g/mol. The second-order valence-electron chi connectivity index (χ2n) is 23.9. The highest BCUT2D eigenvalue weighted by molar-refractivity contribution is 8.00. The molecule has 0 atom stereocenters. The van der Waals surface area contributed by atoms with Crippen LogP contribution in [0, 0.1) is 0 Å². The molecule has 0 saturated heterocycles. The van der Waals surface area contributed by atoms with Crippen LogP contribution in [0.5, 0.6) is 0 Å². The second kappa shape index (κ2) is 22.5. The Kier molecular flexibility index (Phi) is 13.3. The van der Waals surface area contributed by atoms with Crippen molar-refractivity contribution in [1.29, 1.82) is 0 Å². The molecular formula is C84H56B2N4S2. The van der Waals surface area contributed by atoms with Crippen LogP contribution in [-0.2, 0) is 0 Å². The lowest BCUT2D eigenvalue weighted by Gasteiger charge is -2.44. The summed E-state index contributed by atoms with van der Waals surface area (Å²) in [6, 6.07) is 126. The van der Waals surface area contributed by atoms with Gasteiger partial charge in [0, 0.05) is 87.7 Å². The topological polar surface area (TPSA) is 13.0 Å². The highest BCUT2D eigenvalue weighted by Gasteiger charge is 2.47. The zero-order valence-corrected chi connectivity index (χ0v) is 51.7. The summed E-state index contributed by atoms with van der Waals surface area (Å²) in [6.45, 7) is -0.140. The average Bonchev–Trinajstić information content (AvgIpc) is 0.760. The number of para-hydroxylation sites is 5. The van der Waals surface area contributed by atoms with Crippen molar-refractivity contribution in [1.82, 2.24) is 0 Å². The van der Waals surface area contributed by atoms with Gasteiger partial charge < -0.3 is 19.6 Å². The lowest BCUT2D eigenvalue weighted by atomic mass is 9.31. The van der Waals surface area contributed by atoms with Crippen molar-refractivity contribution in [3.8, 4) is 33.4 Å². The molecule has 4 aliphatic heterocycles. The summed E-state index contributed by atoms with van der Waals surface area (Å²) in [5.74, 6) is 0. The van der Waals surface area contributed by atoms with Gasteiger partial charge >= 0.3 is 0 Å². The van der Waals surface area contributed by atoms with Gasteiger partial charge in [-0.05, 0) is 159 Å². The zero-order chi connectivity index (χ0) is 60.6. The highest BCUT2D eigenvalue weighted by atomic mass is 32.2. The van der Waals surface area contributed by atoms with Crippen LogP contribution in [0.2, 0.25) is 0 Å². The number of hydrogen-bond acceptors (Lipinski definition) is 6. The van der Waals surface area contributed by atoms with E-state index in [1.54, 1.807) is 0 Å². The third-order valence-electron chi connectivity index (χ3n) is 18.7. The van der Waals surface area contributed by atoms with Gasteiger partial charge in [0.05, 0.1) is 5.69 Å². The number of hydrogen-bond donors (Lipinski definition) is 0. The molecule has 0 spiro atoms. The predicted octanol–water partition coefficient (Wildman–Crippen LogP) is 19.2. The van der Waals surface area contributed by atoms with Crippen LogP contribution in [0.1, 0.15) is 0 Å². The molecule has 14 aromatic carbocycles. The maximum Gasteiger partial charge on any atom is 0.249 e. The van der Waals surface area contributed by atoms with E-state index in [0.29, 0.717) is 0 Å². The third kappa shape index (κ3) is 9.12. The van der Waals surface area contributed by atoms with Gasteiger partial charge in [-0.1, -0.05) is 265 Å². The van der Waals surface area contributed by atoms with Crippen LogP contribution in [-0.4, -0.2) is 13.4 Å². The summed E-state index contributed by atoms with van der Waals surface area (Å²) in [7, 11) is 0. The first kappa shape index (κ1) is 54.1. The Hall–Kier alpha value is -10.9. The molecule has 18 rings (SSSR count). The molecule has 0 bridgehead atoms. The van der Waals surface area contributed by atoms with Crippen molar-refractivity contribution < 1.29 is 0 Å². The summed E-state index contributed by atoms with van der Waals surface area (Å²) < 4.78 is 0. The minimum atomic E-state index is -0.0812. The number of benzene rings is 14. The first-order chi connectivity index (χ1) is 45.6. The van der Waals surface area contributed by atoms with Gasteiger partial charge in [0.2, 0.25) is 13.4 Å². The van der Waals surface area contributed by atoms with Crippen LogP contribution in [0.15, 0.2) is 359 Å². The molecule has 0 fully saturated rings. The average molecular weight is 1210 g/mol. The first-order valence-electron chi connectivity index (χ1n) is 31.5. The Labute approximate surface area is 546 Å². The number of nitrogens with zero attached hydrogens (tertiary/aromatic N) is 4. The maximum absolute atomic E-state index is 2.64. The van der Waals surface area contributed by atoms with Gasteiger partial charge in [-0.2, -0.15) is 0 Å². The quantitative estimate of drug-likeness (QED) is 0.119. The largest absolute Gasteiger partial charge is 0.311 e. The van der Waals surface area contributed by atoms with Gasteiger partial charge in [-0.25, -0.2) is 0 Å². The van der Waals surface area contributed by atoms with Crippen molar-refractivity contribution >= 4 is 138 Å². The van der Waals surface area contributed by atoms with E-state index in [-0.39, 0.29) is 13.4 Å².